The molecule has 0 saturated carbocycles. The van der Waals surface area contributed by atoms with E-state index in [-0.39, 0.29) is 11.0 Å². The molecule has 0 N–H and O–H groups in total. The van der Waals surface area contributed by atoms with Crippen molar-refractivity contribution in [2.75, 3.05) is 6.26 Å². The first-order valence-electron chi connectivity index (χ1n) is 5.26. The second-order valence-corrected chi connectivity index (χ2v) is 6.00. The van der Waals surface area contributed by atoms with E-state index in [4.69, 9.17) is 0 Å². The van der Waals surface area contributed by atoms with Crippen molar-refractivity contribution in [3.8, 4) is 5.95 Å². The number of aryl methyl sites for hydroxylation is 1. The summed E-state index contributed by atoms with van der Waals surface area (Å²) in [5.74, 6) is -0.244. The lowest BCUT2D eigenvalue weighted by atomic mass is 10.4. The van der Waals surface area contributed by atoms with Gasteiger partial charge in [-0.2, -0.15) is 23.3 Å². The van der Waals surface area contributed by atoms with Gasteiger partial charge in [-0.3, -0.25) is 0 Å². The lowest BCUT2D eigenvalue weighted by molar-refractivity contribution is -0.141. The first kappa shape index (κ1) is 14.4. The minimum atomic E-state index is -4.59. The molecule has 108 valence electrons. The van der Waals surface area contributed by atoms with E-state index in [1.165, 1.54) is 13.1 Å². The highest BCUT2D eigenvalue weighted by Crippen LogP contribution is 2.27. The summed E-state index contributed by atoms with van der Waals surface area (Å²) in [6.07, 6.45) is -1.40. The van der Waals surface area contributed by atoms with Gasteiger partial charge in [0, 0.05) is 24.2 Å². The topological polar surface area (TPSA) is 77.7 Å². The lowest BCUT2D eigenvalue weighted by Crippen LogP contribution is -2.11. The van der Waals surface area contributed by atoms with Crippen LogP contribution in [-0.4, -0.2) is 34.4 Å². The van der Waals surface area contributed by atoms with Crippen molar-refractivity contribution in [1.29, 1.82) is 0 Å². The molecule has 0 atom stereocenters. The molecule has 0 saturated heterocycles. The lowest BCUT2D eigenvalue weighted by Gasteiger charge is -2.05. The Hall–Kier alpha value is -1.97. The Balaban J connectivity index is 2.52. The summed E-state index contributed by atoms with van der Waals surface area (Å²) < 4.78 is 61.1. The van der Waals surface area contributed by atoms with Crippen LogP contribution in [0.1, 0.15) is 11.3 Å². The molecule has 2 aromatic heterocycles. The third-order valence-corrected chi connectivity index (χ3v) is 3.46. The Labute approximate surface area is 112 Å². The summed E-state index contributed by atoms with van der Waals surface area (Å²) in [7, 11) is -3.60. The smallest absolute Gasteiger partial charge is 0.222 e. The first-order valence-corrected chi connectivity index (χ1v) is 7.15. The zero-order chi connectivity index (χ0) is 15.1. The Morgan fingerprint density at radius 1 is 1.30 bits per heavy atom. The highest BCUT2D eigenvalue weighted by atomic mass is 32.2. The molecule has 20 heavy (non-hydrogen) atoms. The van der Waals surface area contributed by atoms with Gasteiger partial charge >= 0.3 is 6.18 Å². The van der Waals surface area contributed by atoms with Crippen LogP contribution in [0, 0.1) is 6.92 Å². The van der Waals surface area contributed by atoms with Crippen molar-refractivity contribution in [3.63, 3.8) is 0 Å². The van der Waals surface area contributed by atoms with Crippen molar-refractivity contribution in [2.45, 2.75) is 18.1 Å². The Bertz CT molecular complexity index is 752. The number of hydrogen-bond acceptors (Lipinski definition) is 5. The van der Waals surface area contributed by atoms with Crippen LogP contribution in [0.3, 0.4) is 0 Å². The predicted molar refractivity (Wildman–Crippen MR) is 62.0 cm³/mol. The number of hydrogen-bond donors (Lipinski definition) is 0. The monoisotopic (exact) mass is 306 g/mol. The number of aromatic nitrogens is 4. The summed E-state index contributed by atoms with van der Waals surface area (Å²) in [6.45, 7) is 1.49. The van der Waals surface area contributed by atoms with Gasteiger partial charge in [-0.1, -0.05) is 0 Å². The minimum absolute atomic E-state index is 0.244. The van der Waals surface area contributed by atoms with Gasteiger partial charge in [0.05, 0.1) is 0 Å². The molecule has 0 spiro atoms. The van der Waals surface area contributed by atoms with Crippen molar-refractivity contribution in [2.24, 2.45) is 0 Å². The van der Waals surface area contributed by atoms with Gasteiger partial charge in [0.25, 0.3) is 5.95 Å². The first-order chi connectivity index (χ1) is 9.09. The molecule has 0 unspecified atom stereocenters. The van der Waals surface area contributed by atoms with Crippen molar-refractivity contribution < 1.29 is 21.6 Å². The standard InChI is InChI=1S/C10H9F3N4O2S/c1-6-5-14-9(15-8(6)20(2,18)19)17-4-3-7(16-17)10(11,12)13/h3-5H,1-2H3. The average molecular weight is 306 g/mol. The van der Waals surface area contributed by atoms with Gasteiger partial charge in [0.15, 0.2) is 20.6 Å². The molecule has 0 bridgehead atoms. The highest BCUT2D eigenvalue weighted by molar-refractivity contribution is 7.90. The van der Waals surface area contributed by atoms with Crippen molar-refractivity contribution >= 4 is 9.84 Å². The molecule has 2 aromatic rings. The van der Waals surface area contributed by atoms with Gasteiger partial charge in [-0.15, -0.1) is 0 Å². The Kier molecular flexibility index (Phi) is 3.28. The summed E-state index contributed by atoms with van der Waals surface area (Å²) >= 11 is 0. The molecule has 10 heteroatoms. The Morgan fingerprint density at radius 3 is 2.45 bits per heavy atom. The van der Waals surface area contributed by atoms with Crippen molar-refractivity contribution in [3.05, 3.63) is 29.7 Å². The van der Waals surface area contributed by atoms with E-state index >= 15 is 0 Å². The van der Waals surface area contributed by atoms with Crippen LogP contribution in [0.25, 0.3) is 5.95 Å². The van der Waals surface area contributed by atoms with Crippen molar-refractivity contribution in [1.82, 2.24) is 19.7 Å². The number of nitrogens with zero attached hydrogens (tertiary/aromatic N) is 4. The van der Waals surface area contributed by atoms with Crippen LogP contribution in [0.5, 0.6) is 0 Å². The third-order valence-electron chi connectivity index (χ3n) is 2.35. The molecule has 2 rings (SSSR count). The minimum Gasteiger partial charge on any atom is -0.222 e. The van der Waals surface area contributed by atoms with Crippen LogP contribution in [0.4, 0.5) is 13.2 Å². The highest BCUT2D eigenvalue weighted by Gasteiger charge is 2.33. The summed E-state index contributed by atoms with van der Waals surface area (Å²) in [4.78, 5) is 7.52. The maximum absolute atomic E-state index is 12.4. The Morgan fingerprint density at radius 2 is 1.95 bits per heavy atom. The fourth-order valence-electron chi connectivity index (χ4n) is 1.49. The van der Waals surface area contributed by atoms with Gasteiger partial charge in [-0.25, -0.2) is 18.1 Å². The van der Waals surface area contributed by atoms with E-state index in [2.05, 4.69) is 15.1 Å². The van der Waals surface area contributed by atoms with Gasteiger partial charge in [0.1, 0.15) is 0 Å². The molecule has 0 aliphatic heterocycles. The summed E-state index contributed by atoms with van der Waals surface area (Å²) in [6, 6.07) is 0.753. The van der Waals surface area contributed by atoms with Crippen LogP contribution in [-0.2, 0) is 16.0 Å². The molecule has 0 fully saturated rings. The fourth-order valence-corrected chi connectivity index (χ4v) is 2.37. The van der Waals surface area contributed by atoms with Crippen LogP contribution >= 0.6 is 0 Å². The largest absolute Gasteiger partial charge is 0.435 e. The SMILES string of the molecule is Cc1cnc(-n2ccc(C(F)(F)F)n2)nc1S(C)(=O)=O. The van der Waals surface area contributed by atoms with Gasteiger partial charge in [0.2, 0.25) is 0 Å². The number of sulfone groups is 1. The molecule has 0 radical (unpaired) electrons. The van der Waals surface area contributed by atoms with E-state index in [0.717, 1.165) is 23.2 Å². The fraction of sp³-hybridized carbons (Fsp3) is 0.300. The van der Waals surface area contributed by atoms with E-state index in [1.807, 2.05) is 0 Å². The van der Waals surface area contributed by atoms with Crippen LogP contribution in [0.15, 0.2) is 23.5 Å². The maximum Gasteiger partial charge on any atom is 0.435 e. The van der Waals surface area contributed by atoms with Gasteiger partial charge < -0.3 is 0 Å². The number of alkyl halides is 3. The zero-order valence-electron chi connectivity index (χ0n) is 10.4. The number of rotatable bonds is 2. The zero-order valence-corrected chi connectivity index (χ0v) is 11.2. The second-order valence-electron chi connectivity index (χ2n) is 4.07. The van der Waals surface area contributed by atoms with E-state index < -0.39 is 21.7 Å². The third kappa shape index (κ3) is 2.79. The van der Waals surface area contributed by atoms with Crippen LogP contribution in [0.2, 0.25) is 0 Å². The van der Waals surface area contributed by atoms with Crippen LogP contribution < -0.4 is 0 Å². The molecule has 0 aromatic carbocycles. The predicted octanol–water partition coefficient (Wildman–Crippen LogP) is 1.39. The van der Waals surface area contributed by atoms with E-state index in [1.54, 1.807) is 0 Å². The normalized spacial score (nSPS) is 12.7. The second kappa shape index (κ2) is 4.54. The van der Waals surface area contributed by atoms with E-state index in [0.29, 0.717) is 5.56 Å². The summed E-state index contributed by atoms with van der Waals surface area (Å²) in [5.41, 5.74) is -0.804. The van der Waals surface area contributed by atoms with Gasteiger partial charge in [-0.05, 0) is 13.0 Å². The molecule has 6 nitrogen and oxygen atoms in total. The quantitative estimate of drug-likeness (QED) is 0.784. The molecule has 0 amide bonds. The maximum atomic E-state index is 12.4. The molecule has 0 aliphatic carbocycles. The molecular weight excluding hydrogens is 297 g/mol. The van der Waals surface area contributed by atoms with E-state index in [9.17, 15) is 21.6 Å². The molecular formula is C10H9F3N4O2S. The molecule has 2 heterocycles. The average Bonchev–Trinajstić information content (AvgIpc) is 2.77. The summed E-state index contributed by atoms with van der Waals surface area (Å²) in [5, 5.41) is 3.03. The molecule has 0 aliphatic rings. The number of halogens is 3.